The SMILES string of the molecule is CC(C)(C)c1ccc(OCC(=O)Nc2ccc(N3CCCCC3)cc2)c(Br)c1. The molecule has 0 aromatic heterocycles. The first-order valence-electron chi connectivity index (χ1n) is 9.90. The van der Waals surface area contributed by atoms with Crippen molar-refractivity contribution in [3.63, 3.8) is 0 Å². The molecule has 28 heavy (non-hydrogen) atoms. The van der Waals surface area contributed by atoms with Crippen LogP contribution in [0.5, 0.6) is 5.75 Å². The van der Waals surface area contributed by atoms with Crippen LogP contribution in [-0.2, 0) is 10.2 Å². The van der Waals surface area contributed by atoms with E-state index in [2.05, 4.69) is 59.1 Å². The number of carbonyl (C=O) groups is 1. The number of amides is 1. The zero-order valence-corrected chi connectivity index (χ0v) is 18.5. The van der Waals surface area contributed by atoms with Crippen LogP contribution in [-0.4, -0.2) is 25.6 Å². The summed E-state index contributed by atoms with van der Waals surface area (Å²) in [5, 5.41) is 2.90. The van der Waals surface area contributed by atoms with Crippen LogP contribution >= 0.6 is 15.9 Å². The third-order valence-corrected chi connectivity index (χ3v) is 5.65. The highest BCUT2D eigenvalue weighted by Crippen LogP contribution is 2.31. The van der Waals surface area contributed by atoms with Gasteiger partial charge in [-0.05, 0) is 82.6 Å². The van der Waals surface area contributed by atoms with Crippen molar-refractivity contribution in [1.29, 1.82) is 0 Å². The Morgan fingerprint density at radius 2 is 1.75 bits per heavy atom. The number of rotatable bonds is 5. The molecule has 2 aromatic carbocycles. The maximum atomic E-state index is 12.2. The summed E-state index contributed by atoms with van der Waals surface area (Å²) >= 11 is 3.54. The third-order valence-electron chi connectivity index (χ3n) is 5.03. The predicted molar refractivity (Wildman–Crippen MR) is 119 cm³/mol. The number of carbonyl (C=O) groups excluding carboxylic acids is 1. The molecule has 150 valence electrons. The second-order valence-corrected chi connectivity index (χ2v) is 9.18. The molecule has 2 aromatic rings. The van der Waals surface area contributed by atoms with Crippen molar-refractivity contribution in [2.45, 2.75) is 45.4 Å². The average molecular weight is 445 g/mol. The Kier molecular flexibility index (Phi) is 6.65. The molecule has 0 radical (unpaired) electrons. The van der Waals surface area contributed by atoms with E-state index in [1.54, 1.807) is 0 Å². The van der Waals surface area contributed by atoms with Crippen molar-refractivity contribution in [2.24, 2.45) is 0 Å². The predicted octanol–water partition coefficient (Wildman–Crippen LogP) is 5.75. The van der Waals surface area contributed by atoms with E-state index in [1.165, 1.54) is 30.5 Å². The fraction of sp³-hybridized carbons (Fsp3) is 0.435. The van der Waals surface area contributed by atoms with Gasteiger partial charge in [-0.1, -0.05) is 26.8 Å². The lowest BCUT2D eigenvalue weighted by atomic mass is 9.87. The Labute approximate surface area is 176 Å². The van der Waals surface area contributed by atoms with Gasteiger partial charge in [0, 0.05) is 24.5 Å². The standard InChI is InChI=1S/C23H29BrN2O2/c1-23(2,3)17-7-12-21(20(24)15-17)28-16-22(27)25-18-8-10-19(11-9-18)26-13-5-4-6-14-26/h7-12,15H,4-6,13-14,16H2,1-3H3,(H,25,27). The fourth-order valence-electron chi connectivity index (χ4n) is 3.33. The Bertz CT molecular complexity index is 806. The minimum absolute atomic E-state index is 0.0264. The Morgan fingerprint density at radius 1 is 1.07 bits per heavy atom. The average Bonchev–Trinajstić information content (AvgIpc) is 2.67. The molecule has 1 fully saturated rings. The second kappa shape index (κ2) is 8.99. The van der Waals surface area contributed by atoms with E-state index in [-0.39, 0.29) is 17.9 Å². The molecule has 5 heteroatoms. The number of ether oxygens (including phenoxy) is 1. The van der Waals surface area contributed by atoms with Crippen molar-refractivity contribution in [2.75, 3.05) is 29.9 Å². The molecular formula is C23H29BrN2O2. The number of piperidine rings is 1. The summed E-state index contributed by atoms with van der Waals surface area (Å²) in [7, 11) is 0. The molecule has 3 rings (SSSR count). The second-order valence-electron chi connectivity index (χ2n) is 8.33. The zero-order valence-electron chi connectivity index (χ0n) is 16.9. The first-order chi connectivity index (χ1) is 13.3. The number of nitrogens with zero attached hydrogens (tertiary/aromatic N) is 1. The topological polar surface area (TPSA) is 41.6 Å². The van der Waals surface area contributed by atoms with Crippen molar-refractivity contribution in [1.82, 2.24) is 0 Å². The van der Waals surface area contributed by atoms with Gasteiger partial charge in [-0.25, -0.2) is 0 Å². The van der Waals surface area contributed by atoms with Gasteiger partial charge in [0.05, 0.1) is 4.47 Å². The van der Waals surface area contributed by atoms with E-state index >= 15 is 0 Å². The van der Waals surface area contributed by atoms with Gasteiger partial charge < -0.3 is 15.0 Å². The van der Waals surface area contributed by atoms with Crippen molar-refractivity contribution in [3.8, 4) is 5.75 Å². The first kappa shape index (κ1) is 20.7. The van der Waals surface area contributed by atoms with E-state index in [1.807, 2.05) is 30.3 Å². The molecule has 4 nitrogen and oxygen atoms in total. The lowest BCUT2D eigenvalue weighted by molar-refractivity contribution is -0.118. The highest BCUT2D eigenvalue weighted by molar-refractivity contribution is 9.10. The molecular weight excluding hydrogens is 416 g/mol. The number of nitrogens with one attached hydrogen (secondary N) is 1. The number of halogens is 1. The summed E-state index contributed by atoms with van der Waals surface area (Å²) in [6.45, 7) is 8.70. The van der Waals surface area contributed by atoms with Crippen LogP contribution in [0, 0.1) is 0 Å². The van der Waals surface area contributed by atoms with E-state index < -0.39 is 0 Å². The quantitative estimate of drug-likeness (QED) is 0.637. The van der Waals surface area contributed by atoms with Crippen LogP contribution in [0.25, 0.3) is 0 Å². The van der Waals surface area contributed by atoms with E-state index in [9.17, 15) is 4.79 Å². The highest BCUT2D eigenvalue weighted by atomic mass is 79.9. The van der Waals surface area contributed by atoms with E-state index in [4.69, 9.17) is 4.74 Å². The van der Waals surface area contributed by atoms with Gasteiger partial charge >= 0.3 is 0 Å². The molecule has 0 unspecified atom stereocenters. The molecule has 1 aliphatic rings. The van der Waals surface area contributed by atoms with Gasteiger partial charge in [-0.15, -0.1) is 0 Å². The van der Waals surface area contributed by atoms with E-state index in [0.717, 1.165) is 23.2 Å². The van der Waals surface area contributed by atoms with Gasteiger partial charge in [-0.3, -0.25) is 4.79 Å². The summed E-state index contributed by atoms with van der Waals surface area (Å²) in [4.78, 5) is 14.6. The van der Waals surface area contributed by atoms with Crippen LogP contribution in [0.15, 0.2) is 46.9 Å². The Hall–Kier alpha value is -2.01. The summed E-state index contributed by atoms with van der Waals surface area (Å²) in [6.07, 6.45) is 3.82. The molecule has 1 aliphatic heterocycles. The van der Waals surface area contributed by atoms with Crippen LogP contribution < -0.4 is 15.0 Å². The minimum atomic E-state index is -0.169. The maximum Gasteiger partial charge on any atom is 0.262 e. The molecule has 1 saturated heterocycles. The Balaban J connectivity index is 1.53. The van der Waals surface area contributed by atoms with Gasteiger partial charge in [0.2, 0.25) is 0 Å². The molecule has 0 atom stereocenters. The molecule has 1 N–H and O–H groups in total. The van der Waals surface area contributed by atoms with Gasteiger partial charge in [0.15, 0.2) is 6.61 Å². The maximum absolute atomic E-state index is 12.2. The number of hydrogen-bond donors (Lipinski definition) is 1. The summed E-state index contributed by atoms with van der Waals surface area (Å²) in [6, 6.07) is 14.0. The summed E-state index contributed by atoms with van der Waals surface area (Å²) in [5.74, 6) is 0.501. The van der Waals surface area contributed by atoms with Crippen molar-refractivity contribution < 1.29 is 9.53 Å². The highest BCUT2D eigenvalue weighted by Gasteiger charge is 2.16. The van der Waals surface area contributed by atoms with Crippen LogP contribution in [0.1, 0.15) is 45.6 Å². The van der Waals surface area contributed by atoms with Crippen molar-refractivity contribution >= 4 is 33.2 Å². The van der Waals surface area contributed by atoms with Crippen molar-refractivity contribution in [3.05, 3.63) is 52.5 Å². The molecule has 0 saturated carbocycles. The molecule has 1 heterocycles. The first-order valence-corrected chi connectivity index (χ1v) is 10.7. The molecule has 0 spiro atoms. The molecule has 1 amide bonds. The van der Waals surface area contributed by atoms with Crippen LogP contribution in [0.3, 0.4) is 0 Å². The lowest BCUT2D eigenvalue weighted by Gasteiger charge is -2.28. The smallest absolute Gasteiger partial charge is 0.262 e. The van der Waals surface area contributed by atoms with Crippen LogP contribution in [0.2, 0.25) is 0 Å². The number of benzene rings is 2. The molecule has 0 bridgehead atoms. The largest absolute Gasteiger partial charge is 0.483 e. The third kappa shape index (κ3) is 5.51. The zero-order chi connectivity index (χ0) is 20.1. The van der Waals surface area contributed by atoms with Gasteiger partial charge in [-0.2, -0.15) is 0 Å². The lowest BCUT2D eigenvalue weighted by Crippen LogP contribution is -2.29. The fourth-order valence-corrected chi connectivity index (χ4v) is 3.83. The van der Waals surface area contributed by atoms with Crippen LogP contribution in [0.4, 0.5) is 11.4 Å². The van der Waals surface area contributed by atoms with Gasteiger partial charge in [0.1, 0.15) is 5.75 Å². The van der Waals surface area contributed by atoms with E-state index in [0.29, 0.717) is 5.75 Å². The number of anilines is 2. The minimum Gasteiger partial charge on any atom is -0.483 e. The number of hydrogen-bond acceptors (Lipinski definition) is 3. The summed E-state index contributed by atoms with van der Waals surface area (Å²) < 4.78 is 6.55. The summed E-state index contributed by atoms with van der Waals surface area (Å²) in [5.41, 5.74) is 3.29. The Morgan fingerprint density at radius 3 is 2.36 bits per heavy atom. The van der Waals surface area contributed by atoms with Gasteiger partial charge in [0.25, 0.3) is 5.91 Å². The monoisotopic (exact) mass is 444 g/mol. The normalized spacial score (nSPS) is 14.6. The molecule has 0 aliphatic carbocycles.